The van der Waals surface area contributed by atoms with E-state index in [4.69, 9.17) is 5.11 Å². The second-order valence-corrected chi connectivity index (χ2v) is 5.37. The van der Waals surface area contributed by atoms with Crippen LogP contribution in [0, 0.1) is 5.82 Å². The van der Waals surface area contributed by atoms with Crippen LogP contribution >= 0.6 is 0 Å². The van der Waals surface area contributed by atoms with Gasteiger partial charge < -0.3 is 10.4 Å². The van der Waals surface area contributed by atoms with E-state index in [1.807, 2.05) is 4.90 Å². The van der Waals surface area contributed by atoms with E-state index in [0.29, 0.717) is 39.0 Å². The average Bonchev–Trinajstić information content (AvgIpc) is 2.49. The van der Waals surface area contributed by atoms with Crippen molar-refractivity contribution in [2.75, 3.05) is 32.8 Å². The van der Waals surface area contributed by atoms with Crippen LogP contribution in [0.5, 0.6) is 0 Å². The first-order chi connectivity index (χ1) is 10.4. The Labute approximate surface area is 126 Å². The van der Waals surface area contributed by atoms with Crippen molar-refractivity contribution in [2.24, 2.45) is 0 Å². The van der Waals surface area contributed by atoms with Gasteiger partial charge in [-0.1, -0.05) is 6.07 Å². The molecule has 0 amide bonds. The fourth-order valence-electron chi connectivity index (χ4n) is 2.91. The Morgan fingerprint density at radius 1 is 1.23 bits per heavy atom. The molecule has 0 bridgehead atoms. The topological polar surface area (TPSA) is 35.5 Å². The number of alkyl halides is 3. The molecule has 0 unspecified atom stereocenters. The third-order valence-electron chi connectivity index (χ3n) is 3.92. The minimum Gasteiger partial charge on any atom is -0.396 e. The summed E-state index contributed by atoms with van der Waals surface area (Å²) in [6.45, 7) is 2.30. The normalized spacial score (nSPS) is 18.4. The van der Waals surface area contributed by atoms with Crippen molar-refractivity contribution in [3.05, 3.63) is 35.1 Å². The van der Waals surface area contributed by atoms with Crippen LogP contribution in [0.25, 0.3) is 0 Å². The minimum absolute atomic E-state index is 0.127. The van der Waals surface area contributed by atoms with Crippen LogP contribution in [-0.2, 0) is 6.18 Å². The summed E-state index contributed by atoms with van der Waals surface area (Å²) in [6.07, 6.45) is -3.97. The fraction of sp³-hybridized carbons (Fsp3) is 0.600. The number of hydrogen-bond donors (Lipinski definition) is 2. The Balaban J connectivity index is 2.41. The molecule has 7 heteroatoms. The quantitative estimate of drug-likeness (QED) is 0.819. The molecule has 0 aromatic heterocycles. The zero-order valence-electron chi connectivity index (χ0n) is 12.2. The van der Waals surface area contributed by atoms with Crippen LogP contribution in [0.3, 0.4) is 0 Å². The molecule has 2 rings (SSSR count). The number of rotatable bonds is 5. The highest BCUT2D eigenvalue weighted by molar-refractivity contribution is 5.34. The molecule has 124 valence electrons. The van der Waals surface area contributed by atoms with Gasteiger partial charge >= 0.3 is 6.18 Å². The Hall–Kier alpha value is -1.18. The first-order valence-corrected chi connectivity index (χ1v) is 7.36. The van der Waals surface area contributed by atoms with E-state index < -0.39 is 23.6 Å². The number of piperazine rings is 1. The van der Waals surface area contributed by atoms with E-state index in [2.05, 4.69) is 5.32 Å². The summed E-state index contributed by atoms with van der Waals surface area (Å²) in [4.78, 5) is 1.86. The molecule has 1 saturated heterocycles. The second kappa shape index (κ2) is 7.39. The molecule has 0 saturated carbocycles. The maximum Gasteiger partial charge on any atom is 0.416 e. The highest BCUT2D eigenvalue weighted by Crippen LogP contribution is 2.39. The van der Waals surface area contributed by atoms with Gasteiger partial charge in [0, 0.05) is 44.4 Å². The van der Waals surface area contributed by atoms with Crippen LogP contribution in [0.2, 0.25) is 0 Å². The Kier molecular flexibility index (Phi) is 5.77. The molecule has 1 fully saturated rings. The highest BCUT2D eigenvalue weighted by atomic mass is 19.4. The summed E-state index contributed by atoms with van der Waals surface area (Å²) < 4.78 is 53.9. The molecule has 1 aromatic carbocycles. The largest absolute Gasteiger partial charge is 0.416 e. The van der Waals surface area contributed by atoms with Gasteiger partial charge in [-0.05, 0) is 25.0 Å². The van der Waals surface area contributed by atoms with Gasteiger partial charge in [-0.25, -0.2) is 4.39 Å². The van der Waals surface area contributed by atoms with E-state index in [0.717, 1.165) is 18.2 Å². The molecule has 0 spiro atoms. The number of benzene rings is 1. The lowest BCUT2D eigenvalue weighted by Crippen LogP contribution is -2.45. The predicted molar refractivity (Wildman–Crippen MR) is 74.9 cm³/mol. The van der Waals surface area contributed by atoms with Crippen LogP contribution in [0.4, 0.5) is 17.6 Å². The van der Waals surface area contributed by atoms with Crippen molar-refractivity contribution in [2.45, 2.75) is 25.1 Å². The zero-order chi connectivity index (χ0) is 16.2. The standard InChI is InChI=1S/C15H20F4N2O/c16-12-4-1-3-11(15(17,18)19)14(12)13(5-2-10-22)21-8-6-20-7-9-21/h1,3-4,13,20,22H,2,5-10H2/t13-/m0/s1. The fourth-order valence-corrected chi connectivity index (χ4v) is 2.91. The predicted octanol–water partition coefficient (Wildman–Crippen LogP) is 2.56. The molecular weight excluding hydrogens is 300 g/mol. The van der Waals surface area contributed by atoms with Gasteiger partial charge in [-0.3, -0.25) is 4.90 Å². The smallest absolute Gasteiger partial charge is 0.396 e. The van der Waals surface area contributed by atoms with Crippen molar-refractivity contribution in [1.82, 2.24) is 10.2 Å². The third kappa shape index (κ3) is 3.97. The number of aliphatic hydroxyl groups excluding tert-OH is 1. The van der Waals surface area contributed by atoms with E-state index in [1.54, 1.807) is 0 Å². The van der Waals surface area contributed by atoms with Gasteiger partial charge in [0.25, 0.3) is 0 Å². The van der Waals surface area contributed by atoms with Crippen LogP contribution in [0.1, 0.15) is 30.0 Å². The average molecular weight is 320 g/mol. The molecule has 0 radical (unpaired) electrons. The molecule has 1 atom stereocenters. The lowest BCUT2D eigenvalue weighted by atomic mass is 9.94. The molecule has 22 heavy (non-hydrogen) atoms. The van der Waals surface area contributed by atoms with Gasteiger partial charge in [0.2, 0.25) is 0 Å². The maximum absolute atomic E-state index is 14.2. The minimum atomic E-state index is -4.59. The number of aliphatic hydroxyl groups is 1. The first-order valence-electron chi connectivity index (χ1n) is 7.36. The summed E-state index contributed by atoms with van der Waals surface area (Å²) in [5, 5.41) is 12.1. The molecule has 2 N–H and O–H groups in total. The van der Waals surface area contributed by atoms with E-state index in [-0.39, 0.29) is 12.2 Å². The zero-order valence-corrected chi connectivity index (χ0v) is 12.2. The highest BCUT2D eigenvalue weighted by Gasteiger charge is 2.38. The second-order valence-electron chi connectivity index (χ2n) is 5.37. The molecule has 1 aromatic rings. The van der Waals surface area contributed by atoms with Gasteiger partial charge in [-0.15, -0.1) is 0 Å². The van der Waals surface area contributed by atoms with Gasteiger partial charge in [-0.2, -0.15) is 13.2 Å². The molecule has 1 aliphatic rings. The van der Waals surface area contributed by atoms with Crippen molar-refractivity contribution in [1.29, 1.82) is 0 Å². The number of hydrogen-bond acceptors (Lipinski definition) is 3. The third-order valence-corrected chi connectivity index (χ3v) is 3.92. The summed E-state index contributed by atoms with van der Waals surface area (Å²) in [5.41, 5.74) is -1.22. The molecular formula is C15H20F4N2O. The summed E-state index contributed by atoms with van der Waals surface area (Å²) >= 11 is 0. The molecule has 0 aliphatic carbocycles. The van der Waals surface area contributed by atoms with Crippen LogP contribution in [-0.4, -0.2) is 42.8 Å². The Bertz CT molecular complexity index is 487. The van der Waals surface area contributed by atoms with Gasteiger partial charge in [0.15, 0.2) is 0 Å². The van der Waals surface area contributed by atoms with Crippen molar-refractivity contribution >= 4 is 0 Å². The lowest BCUT2D eigenvalue weighted by molar-refractivity contribution is -0.139. The SMILES string of the molecule is OCCC[C@@H](c1c(F)cccc1C(F)(F)F)N1CCNCC1. The Morgan fingerprint density at radius 2 is 1.91 bits per heavy atom. The van der Waals surface area contributed by atoms with E-state index in [9.17, 15) is 17.6 Å². The van der Waals surface area contributed by atoms with Crippen molar-refractivity contribution < 1.29 is 22.7 Å². The monoisotopic (exact) mass is 320 g/mol. The van der Waals surface area contributed by atoms with E-state index >= 15 is 0 Å². The van der Waals surface area contributed by atoms with Gasteiger partial charge in [0.1, 0.15) is 5.82 Å². The summed E-state index contributed by atoms with van der Waals surface area (Å²) in [6, 6.07) is 2.40. The first kappa shape index (κ1) is 17.2. The van der Waals surface area contributed by atoms with Crippen molar-refractivity contribution in [3.8, 4) is 0 Å². The van der Waals surface area contributed by atoms with Crippen molar-refractivity contribution in [3.63, 3.8) is 0 Å². The number of nitrogens with one attached hydrogen (secondary N) is 1. The maximum atomic E-state index is 14.2. The summed E-state index contributed by atoms with van der Waals surface area (Å²) in [7, 11) is 0. The molecule has 1 aliphatic heterocycles. The van der Waals surface area contributed by atoms with Gasteiger partial charge in [0.05, 0.1) is 5.56 Å². The molecule has 1 heterocycles. The number of halogens is 4. The summed E-state index contributed by atoms with van der Waals surface area (Å²) in [5.74, 6) is -0.837. The molecule has 3 nitrogen and oxygen atoms in total. The lowest BCUT2D eigenvalue weighted by Gasteiger charge is -2.36. The Morgan fingerprint density at radius 3 is 2.50 bits per heavy atom. The van der Waals surface area contributed by atoms with E-state index in [1.165, 1.54) is 0 Å². The van der Waals surface area contributed by atoms with Crippen LogP contribution < -0.4 is 5.32 Å². The number of nitrogens with zero attached hydrogens (tertiary/aromatic N) is 1. The van der Waals surface area contributed by atoms with Crippen LogP contribution in [0.15, 0.2) is 18.2 Å².